The van der Waals surface area contributed by atoms with Crippen LogP contribution < -0.4 is 5.32 Å². The van der Waals surface area contributed by atoms with E-state index in [4.69, 9.17) is 4.74 Å². The molecule has 1 N–H and O–H groups in total. The minimum atomic E-state index is -0.0781. The van der Waals surface area contributed by atoms with Crippen molar-refractivity contribution < 1.29 is 9.53 Å². The van der Waals surface area contributed by atoms with Gasteiger partial charge in [-0.25, -0.2) is 9.97 Å². The number of nitrogens with zero attached hydrogens (tertiary/aromatic N) is 3. The zero-order valence-electron chi connectivity index (χ0n) is 11.8. The summed E-state index contributed by atoms with van der Waals surface area (Å²) in [4.78, 5) is 21.9. The Morgan fingerprint density at radius 3 is 2.95 bits per heavy atom. The molecule has 6 nitrogen and oxygen atoms in total. The van der Waals surface area contributed by atoms with E-state index in [2.05, 4.69) is 22.2 Å². The summed E-state index contributed by atoms with van der Waals surface area (Å²) in [5, 5.41) is 3.08. The van der Waals surface area contributed by atoms with Gasteiger partial charge in [0.1, 0.15) is 17.8 Å². The first-order valence-corrected chi connectivity index (χ1v) is 6.49. The number of rotatable bonds is 8. The van der Waals surface area contributed by atoms with Crippen molar-refractivity contribution in [2.45, 2.75) is 19.8 Å². The molecule has 0 fully saturated rings. The van der Waals surface area contributed by atoms with E-state index in [0.29, 0.717) is 24.7 Å². The number of aromatic nitrogens is 2. The minimum absolute atomic E-state index is 0.0781. The Kier molecular flexibility index (Phi) is 6.81. The molecule has 1 heterocycles. The highest BCUT2D eigenvalue weighted by molar-refractivity contribution is 5.92. The van der Waals surface area contributed by atoms with Crippen molar-refractivity contribution >= 4 is 11.7 Å². The van der Waals surface area contributed by atoms with E-state index in [1.807, 2.05) is 0 Å². The number of amides is 1. The molecule has 0 radical (unpaired) electrons. The maximum atomic E-state index is 12.1. The Labute approximate surface area is 114 Å². The van der Waals surface area contributed by atoms with Gasteiger partial charge in [-0.3, -0.25) is 4.79 Å². The van der Waals surface area contributed by atoms with E-state index >= 15 is 0 Å². The lowest BCUT2D eigenvalue weighted by molar-refractivity contribution is 0.0787. The number of carbonyl (C=O) groups excluding carboxylic acids is 1. The van der Waals surface area contributed by atoms with Gasteiger partial charge < -0.3 is 15.0 Å². The van der Waals surface area contributed by atoms with Gasteiger partial charge in [-0.2, -0.15) is 0 Å². The molecule has 1 amide bonds. The molecule has 0 aromatic carbocycles. The maximum Gasteiger partial charge on any atom is 0.272 e. The lowest BCUT2D eigenvalue weighted by atomic mass is 10.3. The number of unbranched alkanes of at least 4 members (excludes halogenated alkanes) is 1. The third kappa shape index (κ3) is 5.21. The van der Waals surface area contributed by atoms with Crippen molar-refractivity contribution in [3.8, 4) is 0 Å². The van der Waals surface area contributed by atoms with Crippen LogP contribution in [0, 0.1) is 0 Å². The minimum Gasteiger partial charge on any atom is -0.383 e. The van der Waals surface area contributed by atoms with Crippen LogP contribution in [0.3, 0.4) is 0 Å². The molecular weight excluding hydrogens is 244 g/mol. The Hall–Kier alpha value is -1.69. The normalized spacial score (nSPS) is 10.3. The van der Waals surface area contributed by atoms with E-state index in [0.717, 1.165) is 19.4 Å². The third-order valence-electron chi connectivity index (χ3n) is 2.69. The summed E-state index contributed by atoms with van der Waals surface area (Å²) in [7, 11) is 3.43. The van der Waals surface area contributed by atoms with Crippen molar-refractivity contribution in [1.29, 1.82) is 0 Å². The molecule has 1 rings (SSSR count). The summed E-state index contributed by atoms with van der Waals surface area (Å²) >= 11 is 0. The fourth-order valence-corrected chi connectivity index (χ4v) is 1.54. The predicted octanol–water partition coefficient (Wildman–Crippen LogP) is 1.41. The molecule has 0 saturated carbocycles. The second kappa shape index (κ2) is 8.42. The van der Waals surface area contributed by atoms with Gasteiger partial charge in [0.2, 0.25) is 0 Å². The van der Waals surface area contributed by atoms with Crippen LogP contribution in [-0.4, -0.2) is 54.6 Å². The number of carbonyl (C=O) groups is 1. The molecule has 0 unspecified atom stereocenters. The van der Waals surface area contributed by atoms with Gasteiger partial charge in [-0.15, -0.1) is 0 Å². The van der Waals surface area contributed by atoms with Gasteiger partial charge in [0, 0.05) is 33.3 Å². The summed E-state index contributed by atoms with van der Waals surface area (Å²) in [5.41, 5.74) is 0.411. The number of nitrogens with one attached hydrogen (secondary N) is 1. The molecule has 19 heavy (non-hydrogen) atoms. The van der Waals surface area contributed by atoms with Crippen LogP contribution in [0.25, 0.3) is 0 Å². The average Bonchev–Trinajstić information content (AvgIpc) is 2.44. The van der Waals surface area contributed by atoms with Crippen LogP contribution >= 0.6 is 0 Å². The van der Waals surface area contributed by atoms with Gasteiger partial charge in [-0.05, 0) is 6.42 Å². The van der Waals surface area contributed by atoms with Crippen molar-refractivity contribution in [2.24, 2.45) is 0 Å². The molecule has 6 heteroatoms. The predicted molar refractivity (Wildman–Crippen MR) is 74.3 cm³/mol. The third-order valence-corrected chi connectivity index (χ3v) is 2.69. The van der Waals surface area contributed by atoms with Crippen molar-refractivity contribution in [2.75, 3.05) is 39.2 Å². The zero-order valence-corrected chi connectivity index (χ0v) is 11.8. The Morgan fingerprint density at radius 1 is 1.47 bits per heavy atom. The molecule has 0 atom stereocenters. The smallest absolute Gasteiger partial charge is 0.272 e. The molecule has 0 aliphatic heterocycles. The second-order valence-electron chi connectivity index (χ2n) is 4.29. The standard InChI is InChI=1S/C13H22N4O2/c1-4-5-7-17(2)13(18)11-9-12(16-10-15-11)14-6-8-19-3/h9-10H,4-8H2,1-3H3,(H,14,15,16). The highest BCUT2D eigenvalue weighted by Crippen LogP contribution is 2.06. The van der Waals surface area contributed by atoms with E-state index < -0.39 is 0 Å². The lowest BCUT2D eigenvalue weighted by Gasteiger charge is -2.16. The topological polar surface area (TPSA) is 67.4 Å². The fraction of sp³-hybridized carbons (Fsp3) is 0.615. The van der Waals surface area contributed by atoms with Crippen molar-refractivity contribution in [3.05, 3.63) is 18.1 Å². The SMILES string of the molecule is CCCCN(C)C(=O)c1cc(NCCOC)ncn1. The lowest BCUT2D eigenvalue weighted by Crippen LogP contribution is -2.28. The highest BCUT2D eigenvalue weighted by atomic mass is 16.5. The summed E-state index contributed by atoms with van der Waals surface area (Å²) in [6.45, 7) is 4.07. The van der Waals surface area contributed by atoms with Gasteiger partial charge in [0.15, 0.2) is 0 Å². The fourth-order valence-electron chi connectivity index (χ4n) is 1.54. The molecule has 0 aliphatic rings. The van der Waals surface area contributed by atoms with Crippen LogP contribution in [-0.2, 0) is 4.74 Å². The van der Waals surface area contributed by atoms with Crippen LogP contribution in [0.5, 0.6) is 0 Å². The molecule has 0 saturated heterocycles. The van der Waals surface area contributed by atoms with Crippen LogP contribution in [0.1, 0.15) is 30.3 Å². The highest BCUT2D eigenvalue weighted by Gasteiger charge is 2.13. The number of anilines is 1. The molecular formula is C13H22N4O2. The van der Waals surface area contributed by atoms with E-state index in [9.17, 15) is 4.79 Å². The average molecular weight is 266 g/mol. The molecule has 0 spiro atoms. The number of methoxy groups -OCH3 is 1. The van der Waals surface area contributed by atoms with Crippen LogP contribution in [0.15, 0.2) is 12.4 Å². The molecule has 1 aromatic heterocycles. The van der Waals surface area contributed by atoms with Crippen LogP contribution in [0.4, 0.5) is 5.82 Å². The summed E-state index contributed by atoms with van der Waals surface area (Å²) in [6, 6.07) is 1.67. The van der Waals surface area contributed by atoms with E-state index in [1.54, 1.807) is 25.1 Å². The first kappa shape index (κ1) is 15.4. The summed E-state index contributed by atoms with van der Waals surface area (Å²) < 4.78 is 4.94. The Balaban J connectivity index is 2.61. The zero-order chi connectivity index (χ0) is 14.1. The van der Waals surface area contributed by atoms with E-state index in [-0.39, 0.29) is 5.91 Å². The molecule has 0 bridgehead atoms. The van der Waals surface area contributed by atoms with Gasteiger partial charge >= 0.3 is 0 Å². The van der Waals surface area contributed by atoms with Gasteiger partial charge in [0.25, 0.3) is 5.91 Å². The number of hydrogen-bond acceptors (Lipinski definition) is 5. The molecule has 1 aromatic rings. The summed E-state index contributed by atoms with van der Waals surface area (Å²) in [6.07, 6.45) is 3.45. The quantitative estimate of drug-likeness (QED) is 0.720. The van der Waals surface area contributed by atoms with E-state index in [1.165, 1.54) is 6.33 Å². The largest absolute Gasteiger partial charge is 0.383 e. The van der Waals surface area contributed by atoms with Crippen molar-refractivity contribution in [1.82, 2.24) is 14.9 Å². The second-order valence-corrected chi connectivity index (χ2v) is 4.29. The molecule has 106 valence electrons. The first-order valence-electron chi connectivity index (χ1n) is 6.49. The van der Waals surface area contributed by atoms with Gasteiger partial charge in [0.05, 0.1) is 6.61 Å². The summed E-state index contributed by atoms with van der Waals surface area (Å²) in [5.74, 6) is 0.560. The van der Waals surface area contributed by atoms with Gasteiger partial charge in [-0.1, -0.05) is 13.3 Å². The van der Waals surface area contributed by atoms with Crippen LogP contribution in [0.2, 0.25) is 0 Å². The number of hydrogen-bond donors (Lipinski definition) is 1. The molecule has 0 aliphatic carbocycles. The first-order chi connectivity index (χ1) is 9.19. The monoisotopic (exact) mass is 266 g/mol. The Bertz CT molecular complexity index is 398. The number of ether oxygens (including phenoxy) is 1. The van der Waals surface area contributed by atoms with Crippen molar-refractivity contribution in [3.63, 3.8) is 0 Å². The maximum absolute atomic E-state index is 12.1. The Morgan fingerprint density at radius 2 is 2.26 bits per heavy atom.